The summed E-state index contributed by atoms with van der Waals surface area (Å²) in [7, 11) is 0. The van der Waals surface area contributed by atoms with Gasteiger partial charge in [0.25, 0.3) is 0 Å². The van der Waals surface area contributed by atoms with Gasteiger partial charge in [-0.25, -0.2) is 9.97 Å². The predicted octanol–water partition coefficient (Wildman–Crippen LogP) is 8.35. The van der Waals surface area contributed by atoms with Gasteiger partial charge >= 0.3 is 11.9 Å². The lowest BCUT2D eigenvalue weighted by Gasteiger charge is -2.72. The van der Waals surface area contributed by atoms with E-state index in [1.165, 1.54) is 12.0 Å². The first-order valence-electron chi connectivity index (χ1n) is 19.5. The van der Waals surface area contributed by atoms with Gasteiger partial charge in [0.15, 0.2) is 5.78 Å². The zero-order chi connectivity index (χ0) is 36.5. The number of carbonyl (C=O) groups is 3. The average molecular weight is 690 g/mol. The van der Waals surface area contributed by atoms with Gasteiger partial charge in [-0.3, -0.25) is 14.4 Å². The van der Waals surface area contributed by atoms with Gasteiger partial charge in [0, 0.05) is 30.0 Å². The Labute approximate surface area is 300 Å². The summed E-state index contributed by atoms with van der Waals surface area (Å²) in [4.78, 5) is 47.2. The first kappa shape index (κ1) is 37.2. The van der Waals surface area contributed by atoms with Gasteiger partial charge in [-0.05, 0) is 130 Å². The number of rotatable bonds is 10. The SMILES string of the molecule is CC(C)C1=C2[C@H]3CC[C@@H]4[C@@]5(C)CC[C@H](OC(=O)CC(C)(C)C(=O)O)C(C)(C)[C@@H]5CC[C@@]4(C)[C@]3(C)CCC2(CCNCc2ccncn2)CC1=O. The van der Waals surface area contributed by atoms with Crippen molar-refractivity contribution in [3.63, 3.8) is 0 Å². The van der Waals surface area contributed by atoms with Crippen molar-refractivity contribution >= 4 is 17.7 Å². The van der Waals surface area contributed by atoms with Gasteiger partial charge in [0.2, 0.25) is 0 Å². The van der Waals surface area contributed by atoms with Crippen LogP contribution in [0.25, 0.3) is 0 Å². The minimum absolute atomic E-state index is 0.0526. The zero-order valence-electron chi connectivity index (χ0n) is 32.3. The third-order valence-electron chi connectivity index (χ3n) is 15.7. The van der Waals surface area contributed by atoms with E-state index in [0.717, 1.165) is 69.2 Å². The molecule has 8 heteroatoms. The summed E-state index contributed by atoms with van der Waals surface area (Å²) < 4.78 is 6.17. The molecule has 0 spiro atoms. The molecule has 5 aliphatic carbocycles. The van der Waals surface area contributed by atoms with E-state index in [2.05, 4.69) is 63.8 Å². The van der Waals surface area contributed by atoms with E-state index in [1.54, 1.807) is 26.4 Å². The van der Waals surface area contributed by atoms with Crippen molar-refractivity contribution in [1.82, 2.24) is 15.3 Å². The highest BCUT2D eigenvalue weighted by Crippen LogP contribution is 2.77. The highest BCUT2D eigenvalue weighted by atomic mass is 16.5. The molecule has 1 heterocycles. The minimum atomic E-state index is -1.15. The third-order valence-corrected chi connectivity index (χ3v) is 15.7. The Morgan fingerprint density at radius 3 is 2.40 bits per heavy atom. The summed E-state index contributed by atoms with van der Waals surface area (Å²) in [5.41, 5.74) is 2.63. The number of carbonyl (C=O) groups excluding carboxylic acids is 2. The molecule has 1 aromatic rings. The molecular formula is C42H63N3O5. The smallest absolute Gasteiger partial charge is 0.309 e. The molecule has 0 bridgehead atoms. The quantitative estimate of drug-likeness (QED) is 0.186. The molecule has 8 nitrogen and oxygen atoms in total. The van der Waals surface area contributed by atoms with Crippen LogP contribution in [0.1, 0.15) is 139 Å². The number of Topliss-reactive ketones (excluding diaryl/α,β-unsaturated/α-hetero) is 1. The van der Waals surface area contributed by atoms with Crippen LogP contribution in [0.2, 0.25) is 0 Å². The van der Waals surface area contributed by atoms with Gasteiger partial charge in [0.05, 0.1) is 17.5 Å². The number of aromatic nitrogens is 2. The fourth-order valence-electron chi connectivity index (χ4n) is 12.8. The Kier molecular flexibility index (Phi) is 9.52. The summed E-state index contributed by atoms with van der Waals surface area (Å²) in [5.74, 6) is 0.630. The Morgan fingerprint density at radius 1 is 1.00 bits per heavy atom. The van der Waals surface area contributed by atoms with Gasteiger partial charge in [-0.15, -0.1) is 0 Å². The van der Waals surface area contributed by atoms with E-state index < -0.39 is 17.4 Å². The molecule has 0 aromatic carbocycles. The van der Waals surface area contributed by atoms with Crippen molar-refractivity contribution in [3.8, 4) is 0 Å². The highest BCUT2D eigenvalue weighted by Gasteiger charge is 2.70. The number of aliphatic carboxylic acids is 1. The molecule has 0 amide bonds. The number of allylic oxidation sites excluding steroid dienone is 2. The monoisotopic (exact) mass is 689 g/mol. The molecule has 276 valence electrons. The summed E-state index contributed by atoms with van der Waals surface area (Å²) in [6.07, 6.45) is 13.3. The van der Waals surface area contributed by atoms with Crippen molar-refractivity contribution in [2.24, 2.45) is 56.2 Å². The van der Waals surface area contributed by atoms with Crippen LogP contribution in [0.15, 0.2) is 29.7 Å². The largest absolute Gasteiger partial charge is 0.481 e. The second-order valence-corrected chi connectivity index (χ2v) is 19.3. The number of nitrogens with zero attached hydrogens (tertiary/aromatic N) is 2. The van der Waals surface area contributed by atoms with E-state index in [0.29, 0.717) is 36.5 Å². The van der Waals surface area contributed by atoms with Gasteiger partial charge in [-0.2, -0.15) is 0 Å². The van der Waals surface area contributed by atoms with Crippen LogP contribution in [-0.2, 0) is 25.7 Å². The minimum Gasteiger partial charge on any atom is -0.481 e. The fourth-order valence-corrected chi connectivity index (χ4v) is 12.8. The molecule has 1 aromatic heterocycles. The van der Waals surface area contributed by atoms with Gasteiger partial charge in [-0.1, -0.05) is 54.0 Å². The van der Waals surface area contributed by atoms with Gasteiger partial charge < -0.3 is 15.2 Å². The molecule has 0 saturated heterocycles. The van der Waals surface area contributed by atoms with E-state index in [9.17, 15) is 19.5 Å². The molecule has 50 heavy (non-hydrogen) atoms. The van der Waals surface area contributed by atoms with Crippen LogP contribution < -0.4 is 5.32 Å². The number of hydrogen-bond acceptors (Lipinski definition) is 7. The summed E-state index contributed by atoms with van der Waals surface area (Å²) in [6, 6.07) is 1.95. The van der Waals surface area contributed by atoms with Crippen LogP contribution in [0.3, 0.4) is 0 Å². The lowest BCUT2D eigenvalue weighted by atomic mass is 9.33. The van der Waals surface area contributed by atoms with Crippen LogP contribution in [0.5, 0.6) is 0 Å². The molecule has 6 rings (SSSR count). The number of ketones is 1. The normalized spacial score (nSPS) is 37.8. The van der Waals surface area contributed by atoms with Crippen molar-refractivity contribution in [2.45, 2.75) is 146 Å². The van der Waals surface area contributed by atoms with Crippen molar-refractivity contribution in [2.75, 3.05) is 6.54 Å². The fraction of sp³-hybridized carbons (Fsp3) is 0.786. The number of fused-ring (bicyclic) bond motifs is 7. The number of esters is 1. The average Bonchev–Trinajstić information content (AvgIpc) is 3.33. The maximum Gasteiger partial charge on any atom is 0.309 e. The Morgan fingerprint density at radius 2 is 1.74 bits per heavy atom. The van der Waals surface area contributed by atoms with Crippen molar-refractivity contribution in [1.29, 1.82) is 0 Å². The maximum absolute atomic E-state index is 14.0. The Hall–Kier alpha value is -2.61. The molecule has 0 radical (unpaired) electrons. The highest BCUT2D eigenvalue weighted by molar-refractivity contribution is 6.00. The summed E-state index contributed by atoms with van der Waals surface area (Å²) in [5, 5.41) is 13.2. The summed E-state index contributed by atoms with van der Waals surface area (Å²) in [6.45, 7) is 21.6. The van der Waals surface area contributed by atoms with E-state index >= 15 is 0 Å². The molecule has 2 N–H and O–H groups in total. The first-order chi connectivity index (χ1) is 23.3. The molecule has 4 fully saturated rings. The Bertz CT molecular complexity index is 1530. The van der Waals surface area contributed by atoms with E-state index in [4.69, 9.17) is 4.74 Å². The van der Waals surface area contributed by atoms with Crippen molar-refractivity contribution < 1.29 is 24.2 Å². The second-order valence-electron chi connectivity index (χ2n) is 19.3. The van der Waals surface area contributed by atoms with E-state index in [1.807, 2.05) is 6.07 Å². The summed E-state index contributed by atoms with van der Waals surface area (Å²) >= 11 is 0. The van der Waals surface area contributed by atoms with E-state index in [-0.39, 0.29) is 45.5 Å². The molecule has 1 unspecified atom stereocenters. The molecule has 0 aliphatic heterocycles. The van der Waals surface area contributed by atoms with Crippen LogP contribution in [-0.4, -0.2) is 45.4 Å². The number of ether oxygens (including phenoxy) is 1. The van der Waals surface area contributed by atoms with Crippen LogP contribution in [0.4, 0.5) is 0 Å². The predicted molar refractivity (Wildman–Crippen MR) is 194 cm³/mol. The standard InChI is InChI=1S/C42H63N3O5/c1-26(2)34-29(46)22-42(19-21-43-24-27-14-20-44-25-45-27)18-17-40(8)28(35(34)42)10-11-31-39(7)15-13-32(50-33(47)23-37(3,4)36(48)49)38(5,6)30(39)12-16-41(31,40)9/h14,20,25-26,28,30-32,43H,10-13,15-19,21-24H2,1-9H3,(H,48,49)/t28-,30+,31-,32+,39+,40-,41-,42?/m1/s1. The molecule has 8 atom stereocenters. The lowest BCUT2D eigenvalue weighted by molar-refractivity contribution is -0.233. The molecule has 4 saturated carbocycles. The van der Waals surface area contributed by atoms with Gasteiger partial charge in [0.1, 0.15) is 12.4 Å². The second kappa shape index (κ2) is 12.8. The maximum atomic E-state index is 14.0. The number of carboxylic acids is 1. The third kappa shape index (κ3) is 5.78. The number of carboxylic acid groups (broad SMARTS) is 1. The lowest BCUT2D eigenvalue weighted by Crippen LogP contribution is -2.65. The molecule has 5 aliphatic rings. The van der Waals surface area contributed by atoms with Crippen LogP contribution in [0, 0.1) is 56.2 Å². The Balaban J connectivity index is 1.24. The number of hydrogen-bond donors (Lipinski definition) is 2. The molecular weight excluding hydrogens is 626 g/mol. The number of nitrogens with one attached hydrogen (secondary N) is 1. The first-order valence-corrected chi connectivity index (χ1v) is 19.5. The zero-order valence-corrected chi connectivity index (χ0v) is 32.3. The van der Waals surface area contributed by atoms with Crippen LogP contribution >= 0.6 is 0 Å². The van der Waals surface area contributed by atoms with Crippen molar-refractivity contribution in [3.05, 3.63) is 35.4 Å². The topological polar surface area (TPSA) is 118 Å².